The summed E-state index contributed by atoms with van der Waals surface area (Å²) in [6.07, 6.45) is 4.44. The van der Waals surface area contributed by atoms with Crippen molar-refractivity contribution in [1.29, 1.82) is 0 Å². The molecule has 1 N–H and O–H groups in total. The minimum atomic E-state index is 0.103. The second-order valence-electron chi connectivity index (χ2n) is 6.03. The molecule has 0 radical (unpaired) electrons. The number of aromatic nitrogens is 3. The molecule has 1 aromatic carbocycles. The van der Waals surface area contributed by atoms with E-state index in [1.54, 1.807) is 6.20 Å². The van der Waals surface area contributed by atoms with Gasteiger partial charge in [-0.15, -0.1) is 0 Å². The fourth-order valence-electron chi connectivity index (χ4n) is 2.79. The van der Waals surface area contributed by atoms with Crippen LogP contribution in [-0.2, 0) is 11.2 Å². The maximum Gasteiger partial charge on any atom is 0.224 e. The first-order valence-electron chi connectivity index (χ1n) is 7.89. The number of benzene rings is 1. The van der Waals surface area contributed by atoms with Gasteiger partial charge in [-0.05, 0) is 49.6 Å². The molecule has 0 aliphatic heterocycles. The summed E-state index contributed by atoms with van der Waals surface area (Å²) in [5, 5.41) is 3.01. The predicted octanol–water partition coefficient (Wildman–Crippen LogP) is 2.55. The van der Waals surface area contributed by atoms with Crippen LogP contribution in [0.15, 0.2) is 42.6 Å². The standard InChI is InChI=1S/C18H18N4O/c1-12-20-16-3-2-10-19-18(16)22(12)15-8-4-13(5-9-15)11-17(23)21-14-6-7-14/h2-5,8-10,14H,6-7,11H2,1H3,(H,21,23). The summed E-state index contributed by atoms with van der Waals surface area (Å²) < 4.78 is 2.03. The van der Waals surface area contributed by atoms with E-state index in [0.717, 1.165) is 41.1 Å². The van der Waals surface area contributed by atoms with Crippen molar-refractivity contribution >= 4 is 17.1 Å². The van der Waals surface area contributed by atoms with Crippen molar-refractivity contribution in [3.63, 3.8) is 0 Å². The molecule has 5 nitrogen and oxygen atoms in total. The lowest BCUT2D eigenvalue weighted by molar-refractivity contribution is -0.120. The molecule has 1 saturated carbocycles. The van der Waals surface area contributed by atoms with Crippen LogP contribution in [0.2, 0.25) is 0 Å². The molecule has 0 saturated heterocycles. The molecule has 0 spiro atoms. The van der Waals surface area contributed by atoms with E-state index in [2.05, 4.69) is 15.3 Å². The number of aryl methyl sites for hydroxylation is 1. The van der Waals surface area contributed by atoms with Crippen LogP contribution in [-0.4, -0.2) is 26.5 Å². The minimum absolute atomic E-state index is 0.103. The summed E-state index contributed by atoms with van der Waals surface area (Å²) >= 11 is 0. The highest BCUT2D eigenvalue weighted by atomic mass is 16.1. The fraction of sp³-hybridized carbons (Fsp3) is 0.278. The van der Waals surface area contributed by atoms with Crippen molar-refractivity contribution in [2.45, 2.75) is 32.2 Å². The van der Waals surface area contributed by atoms with Gasteiger partial charge < -0.3 is 5.32 Å². The Hall–Kier alpha value is -2.69. The quantitative estimate of drug-likeness (QED) is 0.806. The Morgan fingerprint density at radius 2 is 2.04 bits per heavy atom. The molecule has 5 heteroatoms. The first-order valence-corrected chi connectivity index (χ1v) is 7.89. The maximum absolute atomic E-state index is 11.9. The van der Waals surface area contributed by atoms with Crippen molar-refractivity contribution in [1.82, 2.24) is 19.9 Å². The first kappa shape index (κ1) is 13.9. The van der Waals surface area contributed by atoms with Crippen molar-refractivity contribution in [3.8, 4) is 5.69 Å². The van der Waals surface area contributed by atoms with Gasteiger partial charge in [-0.1, -0.05) is 12.1 Å². The Balaban J connectivity index is 1.59. The Bertz CT molecular complexity index is 862. The number of amides is 1. The van der Waals surface area contributed by atoms with Gasteiger partial charge in [0.05, 0.1) is 6.42 Å². The molecule has 23 heavy (non-hydrogen) atoms. The lowest BCUT2D eigenvalue weighted by atomic mass is 10.1. The molecule has 1 aliphatic rings. The zero-order valence-corrected chi connectivity index (χ0v) is 13.0. The SMILES string of the molecule is Cc1nc2cccnc2n1-c1ccc(CC(=O)NC2CC2)cc1. The topological polar surface area (TPSA) is 59.8 Å². The lowest BCUT2D eigenvalue weighted by Gasteiger charge is -2.08. The first-order chi connectivity index (χ1) is 11.2. The summed E-state index contributed by atoms with van der Waals surface area (Å²) in [4.78, 5) is 20.8. The van der Waals surface area contributed by atoms with E-state index in [4.69, 9.17) is 0 Å². The van der Waals surface area contributed by atoms with Gasteiger partial charge in [-0.3, -0.25) is 9.36 Å². The third kappa shape index (κ3) is 2.82. The van der Waals surface area contributed by atoms with Gasteiger partial charge >= 0.3 is 0 Å². The number of fused-ring (bicyclic) bond motifs is 1. The van der Waals surface area contributed by atoms with Gasteiger partial charge in [0.25, 0.3) is 0 Å². The molecule has 4 rings (SSSR count). The molecule has 2 heterocycles. The van der Waals surface area contributed by atoms with Gasteiger partial charge in [0.2, 0.25) is 5.91 Å². The normalized spacial score (nSPS) is 14.1. The van der Waals surface area contributed by atoms with Crippen LogP contribution in [0.1, 0.15) is 24.2 Å². The fourth-order valence-corrected chi connectivity index (χ4v) is 2.79. The van der Waals surface area contributed by atoms with Crippen LogP contribution >= 0.6 is 0 Å². The summed E-state index contributed by atoms with van der Waals surface area (Å²) in [6.45, 7) is 1.97. The van der Waals surface area contributed by atoms with Gasteiger partial charge in [0.15, 0.2) is 5.65 Å². The Morgan fingerprint density at radius 3 is 2.78 bits per heavy atom. The number of nitrogens with one attached hydrogen (secondary N) is 1. The summed E-state index contributed by atoms with van der Waals surface area (Å²) in [5.41, 5.74) is 3.76. The number of nitrogens with zero attached hydrogens (tertiary/aromatic N) is 3. The maximum atomic E-state index is 11.9. The van der Waals surface area contributed by atoms with Crippen LogP contribution < -0.4 is 5.32 Å². The van der Waals surface area contributed by atoms with Crippen molar-refractivity contribution in [3.05, 3.63) is 54.0 Å². The molecule has 1 fully saturated rings. The highest BCUT2D eigenvalue weighted by Crippen LogP contribution is 2.21. The van der Waals surface area contributed by atoms with Crippen LogP contribution in [0.4, 0.5) is 0 Å². The summed E-state index contributed by atoms with van der Waals surface area (Å²) in [6, 6.07) is 12.3. The minimum Gasteiger partial charge on any atom is -0.353 e. The number of imidazole rings is 1. The molecule has 2 aromatic heterocycles. The average molecular weight is 306 g/mol. The molecular formula is C18H18N4O. The highest BCUT2D eigenvalue weighted by molar-refractivity contribution is 5.79. The monoisotopic (exact) mass is 306 g/mol. The number of hydrogen-bond donors (Lipinski definition) is 1. The zero-order valence-electron chi connectivity index (χ0n) is 13.0. The number of pyridine rings is 1. The van der Waals surface area contributed by atoms with Crippen LogP contribution in [0.3, 0.4) is 0 Å². The Labute approximate surface area is 134 Å². The van der Waals surface area contributed by atoms with Gasteiger partial charge in [0.1, 0.15) is 11.3 Å². The Morgan fingerprint density at radius 1 is 1.26 bits per heavy atom. The van der Waals surface area contributed by atoms with Crippen LogP contribution in [0.25, 0.3) is 16.9 Å². The third-order valence-corrected chi connectivity index (χ3v) is 4.09. The van der Waals surface area contributed by atoms with E-state index >= 15 is 0 Å². The van der Waals surface area contributed by atoms with E-state index in [0.29, 0.717) is 12.5 Å². The van der Waals surface area contributed by atoms with Crippen LogP contribution in [0.5, 0.6) is 0 Å². The predicted molar refractivity (Wildman–Crippen MR) is 88.5 cm³/mol. The molecule has 1 amide bonds. The van der Waals surface area contributed by atoms with Gasteiger partial charge in [-0.25, -0.2) is 9.97 Å². The number of hydrogen-bond acceptors (Lipinski definition) is 3. The summed E-state index contributed by atoms with van der Waals surface area (Å²) in [7, 11) is 0. The van der Waals surface area contributed by atoms with E-state index in [1.807, 2.05) is 47.9 Å². The second-order valence-corrected chi connectivity index (χ2v) is 6.03. The van der Waals surface area contributed by atoms with Crippen molar-refractivity contribution in [2.24, 2.45) is 0 Å². The largest absolute Gasteiger partial charge is 0.353 e. The number of carbonyl (C=O) groups is 1. The Kier molecular flexibility index (Phi) is 3.33. The average Bonchev–Trinajstić information content (AvgIpc) is 3.28. The lowest BCUT2D eigenvalue weighted by Crippen LogP contribution is -2.26. The van der Waals surface area contributed by atoms with Crippen molar-refractivity contribution < 1.29 is 4.79 Å². The zero-order chi connectivity index (χ0) is 15.8. The molecule has 1 aliphatic carbocycles. The molecule has 116 valence electrons. The van der Waals surface area contributed by atoms with Gasteiger partial charge in [0, 0.05) is 17.9 Å². The number of rotatable bonds is 4. The molecule has 3 aromatic rings. The molecular weight excluding hydrogens is 288 g/mol. The summed E-state index contributed by atoms with van der Waals surface area (Å²) in [5.74, 6) is 1.00. The smallest absolute Gasteiger partial charge is 0.224 e. The van der Waals surface area contributed by atoms with Gasteiger partial charge in [-0.2, -0.15) is 0 Å². The van der Waals surface area contributed by atoms with Crippen LogP contribution in [0, 0.1) is 6.92 Å². The molecule has 0 unspecified atom stereocenters. The molecule has 0 bridgehead atoms. The number of carbonyl (C=O) groups excluding carboxylic acids is 1. The van der Waals surface area contributed by atoms with E-state index in [-0.39, 0.29) is 5.91 Å². The van der Waals surface area contributed by atoms with Crippen molar-refractivity contribution in [2.75, 3.05) is 0 Å². The molecule has 0 atom stereocenters. The van der Waals surface area contributed by atoms with E-state index < -0.39 is 0 Å². The highest BCUT2D eigenvalue weighted by Gasteiger charge is 2.23. The second kappa shape index (κ2) is 5.50. The van der Waals surface area contributed by atoms with E-state index in [1.165, 1.54) is 0 Å². The third-order valence-electron chi connectivity index (χ3n) is 4.09. The van der Waals surface area contributed by atoms with E-state index in [9.17, 15) is 4.79 Å².